The lowest BCUT2D eigenvalue weighted by molar-refractivity contribution is -0.136. The molecule has 5 heteroatoms. The molecule has 1 aromatic carbocycles. The number of Topliss-reactive ketones (excluding diaryl/α,β-unsaturated/α-hetero) is 1. The summed E-state index contributed by atoms with van der Waals surface area (Å²) in [6.45, 7) is 2.65. The van der Waals surface area contributed by atoms with Crippen molar-refractivity contribution in [2.45, 2.75) is 26.2 Å². The number of aliphatic carboxylic acids is 1. The van der Waals surface area contributed by atoms with Gasteiger partial charge in [0.1, 0.15) is 5.75 Å². The van der Waals surface area contributed by atoms with Gasteiger partial charge in [0.25, 0.3) is 0 Å². The quantitative estimate of drug-likeness (QED) is 0.761. The van der Waals surface area contributed by atoms with Crippen molar-refractivity contribution in [3.8, 4) is 5.75 Å². The topological polar surface area (TPSA) is 79.4 Å². The molecule has 0 radical (unpaired) electrons. The number of carbonyl (C=O) groups is 2. The molecular formula is C15H17NO4. The number of aromatic amines is 1. The zero-order valence-electron chi connectivity index (χ0n) is 11.3. The Hall–Kier alpha value is -2.30. The average molecular weight is 275 g/mol. The first-order valence-electron chi connectivity index (χ1n) is 6.60. The van der Waals surface area contributed by atoms with Crippen LogP contribution in [0, 0.1) is 0 Å². The number of benzene rings is 1. The monoisotopic (exact) mass is 275 g/mol. The minimum absolute atomic E-state index is 0.00231. The highest BCUT2D eigenvalue weighted by molar-refractivity contribution is 6.08. The number of rotatable bonds is 7. The average Bonchev–Trinajstić information content (AvgIpc) is 2.85. The normalized spacial score (nSPS) is 10.7. The van der Waals surface area contributed by atoms with Gasteiger partial charge < -0.3 is 14.8 Å². The summed E-state index contributed by atoms with van der Waals surface area (Å²) < 4.78 is 5.55. The van der Waals surface area contributed by atoms with Crippen LogP contribution in [0.1, 0.15) is 36.5 Å². The lowest BCUT2D eigenvalue weighted by Crippen LogP contribution is -2.03. The first-order valence-corrected chi connectivity index (χ1v) is 6.60. The first-order chi connectivity index (χ1) is 9.61. The van der Waals surface area contributed by atoms with Gasteiger partial charge in [-0.3, -0.25) is 9.59 Å². The molecule has 0 unspecified atom stereocenters. The highest BCUT2D eigenvalue weighted by Crippen LogP contribution is 2.25. The highest BCUT2D eigenvalue weighted by atomic mass is 16.5. The molecule has 0 fully saturated rings. The zero-order valence-corrected chi connectivity index (χ0v) is 11.3. The van der Waals surface area contributed by atoms with E-state index >= 15 is 0 Å². The fourth-order valence-electron chi connectivity index (χ4n) is 2.00. The van der Waals surface area contributed by atoms with Crippen LogP contribution in [0.4, 0.5) is 0 Å². The van der Waals surface area contributed by atoms with Gasteiger partial charge in [-0.05, 0) is 24.6 Å². The van der Waals surface area contributed by atoms with Gasteiger partial charge in [-0.1, -0.05) is 6.92 Å². The van der Waals surface area contributed by atoms with Gasteiger partial charge in [0.15, 0.2) is 5.78 Å². The number of aromatic nitrogens is 1. The Bertz CT molecular complexity index is 630. The van der Waals surface area contributed by atoms with Crippen molar-refractivity contribution < 1.29 is 19.4 Å². The first kappa shape index (κ1) is 14.1. The zero-order chi connectivity index (χ0) is 14.5. The van der Waals surface area contributed by atoms with Crippen molar-refractivity contribution in [3.05, 3.63) is 30.0 Å². The molecule has 2 N–H and O–H groups in total. The van der Waals surface area contributed by atoms with Crippen LogP contribution in [0.2, 0.25) is 0 Å². The third-order valence-electron chi connectivity index (χ3n) is 2.99. The van der Waals surface area contributed by atoms with E-state index in [4.69, 9.17) is 9.84 Å². The predicted octanol–water partition coefficient (Wildman–Crippen LogP) is 3.00. The van der Waals surface area contributed by atoms with Crippen LogP contribution >= 0.6 is 0 Å². The van der Waals surface area contributed by atoms with Gasteiger partial charge in [0.2, 0.25) is 0 Å². The Morgan fingerprint density at radius 3 is 2.80 bits per heavy atom. The molecule has 2 aromatic rings. The molecule has 5 nitrogen and oxygen atoms in total. The van der Waals surface area contributed by atoms with Crippen molar-refractivity contribution in [1.29, 1.82) is 0 Å². The summed E-state index contributed by atoms with van der Waals surface area (Å²) in [7, 11) is 0. The van der Waals surface area contributed by atoms with Crippen molar-refractivity contribution in [1.82, 2.24) is 4.98 Å². The molecule has 0 aliphatic carbocycles. The van der Waals surface area contributed by atoms with E-state index in [9.17, 15) is 9.59 Å². The summed E-state index contributed by atoms with van der Waals surface area (Å²) in [5.74, 6) is -0.428. The molecule has 0 saturated heterocycles. The molecule has 2 rings (SSSR count). The molecule has 0 spiro atoms. The largest absolute Gasteiger partial charge is 0.494 e. The maximum Gasteiger partial charge on any atom is 0.303 e. The number of hydrogen-bond acceptors (Lipinski definition) is 3. The number of fused-ring (bicyclic) bond motifs is 1. The maximum atomic E-state index is 12.0. The smallest absolute Gasteiger partial charge is 0.303 e. The standard InChI is InChI=1S/C15H17NO4/c1-2-7-20-10-3-4-13-11(8-10)12(9-16-13)14(17)5-6-15(18)19/h3-4,8-9,16H,2,5-7H2,1H3,(H,18,19). The molecule has 0 saturated carbocycles. The van der Waals surface area contributed by atoms with E-state index in [1.54, 1.807) is 6.20 Å². The highest BCUT2D eigenvalue weighted by Gasteiger charge is 2.14. The maximum absolute atomic E-state index is 12.0. The Morgan fingerprint density at radius 2 is 2.10 bits per heavy atom. The second-order valence-corrected chi connectivity index (χ2v) is 4.58. The summed E-state index contributed by atoms with van der Waals surface area (Å²) in [5.41, 5.74) is 1.36. The van der Waals surface area contributed by atoms with E-state index in [1.807, 2.05) is 25.1 Å². The molecular weight excluding hydrogens is 258 g/mol. The summed E-state index contributed by atoms with van der Waals surface area (Å²) in [5, 5.41) is 9.41. The van der Waals surface area contributed by atoms with Crippen molar-refractivity contribution in [2.75, 3.05) is 6.61 Å². The summed E-state index contributed by atoms with van der Waals surface area (Å²) in [6.07, 6.45) is 2.38. The Morgan fingerprint density at radius 1 is 1.30 bits per heavy atom. The SMILES string of the molecule is CCCOc1ccc2[nH]cc(C(=O)CCC(=O)O)c2c1. The predicted molar refractivity (Wildman–Crippen MR) is 75.3 cm³/mol. The Balaban J connectivity index is 2.24. The molecule has 1 heterocycles. The van der Waals surface area contributed by atoms with Crippen molar-refractivity contribution >= 4 is 22.7 Å². The second kappa shape index (κ2) is 6.23. The fraction of sp³-hybridized carbons (Fsp3) is 0.333. The Kier molecular flexibility index (Phi) is 4.40. The number of ketones is 1. The molecule has 20 heavy (non-hydrogen) atoms. The number of carboxylic acid groups (broad SMARTS) is 1. The summed E-state index contributed by atoms with van der Waals surface area (Å²) in [4.78, 5) is 25.6. The van der Waals surface area contributed by atoms with Gasteiger partial charge >= 0.3 is 5.97 Å². The molecule has 0 bridgehead atoms. The molecule has 1 aromatic heterocycles. The van der Waals surface area contributed by atoms with Gasteiger partial charge in [0.05, 0.1) is 13.0 Å². The van der Waals surface area contributed by atoms with Crippen LogP contribution < -0.4 is 4.74 Å². The van der Waals surface area contributed by atoms with E-state index in [0.29, 0.717) is 17.9 Å². The van der Waals surface area contributed by atoms with E-state index in [1.165, 1.54) is 0 Å². The van der Waals surface area contributed by atoms with E-state index in [2.05, 4.69) is 4.98 Å². The Labute approximate surface area is 116 Å². The molecule has 0 aliphatic heterocycles. The van der Waals surface area contributed by atoms with Crippen LogP contribution in [0.5, 0.6) is 5.75 Å². The molecule has 0 amide bonds. The van der Waals surface area contributed by atoms with Gasteiger partial charge in [-0.15, -0.1) is 0 Å². The number of hydrogen-bond donors (Lipinski definition) is 2. The summed E-state index contributed by atoms with van der Waals surface area (Å²) >= 11 is 0. The lowest BCUT2D eigenvalue weighted by Gasteiger charge is -2.05. The minimum atomic E-state index is -0.967. The third-order valence-corrected chi connectivity index (χ3v) is 2.99. The van der Waals surface area contributed by atoms with Crippen molar-refractivity contribution in [2.24, 2.45) is 0 Å². The van der Waals surface area contributed by atoms with Crippen LogP contribution in [0.15, 0.2) is 24.4 Å². The number of ether oxygens (including phenoxy) is 1. The van der Waals surface area contributed by atoms with E-state index < -0.39 is 5.97 Å². The fourth-order valence-corrected chi connectivity index (χ4v) is 2.00. The summed E-state index contributed by atoms with van der Waals surface area (Å²) in [6, 6.07) is 5.52. The second-order valence-electron chi connectivity index (χ2n) is 4.58. The van der Waals surface area contributed by atoms with Crippen LogP contribution in [0.25, 0.3) is 10.9 Å². The minimum Gasteiger partial charge on any atom is -0.494 e. The molecule has 106 valence electrons. The lowest BCUT2D eigenvalue weighted by atomic mass is 10.1. The van der Waals surface area contributed by atoms with E-state index in [-0.39, 0.29) is 18.6 Å². The molecule has 0 aliphatic rings. The van der Waals surface area contributed by atoms with E-state index in [0.717, 1.165) is 17.3 Å². The molecule has 0 atom stereocenters. The van der Waals surface area contributed by atoms with Crippen LogP contribution in [-0.4, -0.2) is 28.4 Å². The number of carboxylic acids is 1. The van der Waals surface area contributed by atoms with Crippen molar-refractivity contribution in [3.63, 3.8) is 0 Å². The van der Waals surface area contributed by atoms with Gasteiger partial charge in [-0.2, -0.15) is 0 Å². The van der Waals surface area contributed by atoms with Gasteiger partial charge in [-0.25, -0.2) is 0 Å². The van der Waals surface area contributed by atoms with Gasteiger partial charge in [0, 0.05) is 29.1 Å². The van der Waals surface area contributed by atoms with Crippen LogP contribution in [0.3, 0.4) is 0 Å². The number of nitrogens with one attached hydrogen (secondary N) is 1. The number of H-pyrrole nitrogens is 1. The third kappa shape index (κ3) is 3.17. The number of carbonyl (C=O) groups excluding carboxylic acids is 1. The van der Waals surface area contributed by atoms with Crippen LogP contribution in [-0.2, 0) is 4.79 Å².